The van der Waals surface area contributed by atoms with Crippen molar-refractivity contribution in [3.8, 4) is 0 Å². The van der Waals surface area contributed by atoms with Gasteiger partial charge in [-0.3, -0.25) is 9.48 Å². The first-order valence-electron chi connectivity index (χ1n) is 7.51. The number of ether oxygens (including phenoxy) is 1. The summed E-state index contributed by atoms with van der Waals surface area (Å²) in [5, 5.41) is 9.43. The first-order valence-corrected chi connectivity index (χ1v) is 8.39. The summed E-state index contributed by atoms with van der Waals surface area (Å²) in [7, 11) is 1.92. The van der Waals surface area contributed by atoms with E-state index in [0.29, 0.717) is 6.61 Å². The number of hydrogen-bond acceptors (Lipinski definition) is 4. The zero-order valence-electron chi connectivity index (χ0n) is 13.1. The van der Waals surface area contributed by atoms with Gasteiger partial charge in [-0.1, -0.05) is 6.07 Å². The van der Waals surface area contributed by atoms with Gasteiger partial charge in [0.05, 0.1) is 18.2 Å². The van der Waals surface area contributed by atoms with Crippen molar-refractivity contribution in [3.05, 3.63) is 39.8 Å². The Bertz CT molecular complexity index is 650. The van der Waals surface area contributed by atoms with E-state index in [1.165, 1.54) is 0 Å². The van der Waals surface area contributed by atoms with Gasteiger partial charge in [-0.2, -0.15) is 5.10 Å². The second kappa shape index (κ2) is 6.22. The average Bonchev–Trinajstić information content (AvgIpc) is 3.22. The molecule has 1 aliphatic rings. The van der Waals surface area contributed by atoms with Crippen LogP contribution in [0.2, 0.25) is 0 Å². The zero-order valence-corrected chi connectivity index (χ0v) is 13.9. The highest BCUT2D eigenvalue weighted by atomic mass is 32.1. The van der Waals surface area contributed by atoms with Crippen LogP contribution in [0.25, 0.3) is 0 Å². The Labute approximate surface area is 134 Å². The number of aryl methyl sites for hydroxylation is 1. The van der Waals surface area contributed by atoms with Crippen molar-refractivity contribution in [2.45, 2.75) is 38.3 Å². The predicted molar refractivity (Wildman–Crippen MR) is 85.9 cm³/mol. The lowest BCUT2D eigenvalue weighted by Gasteiger charge is -2.21. The van der Waals surface area contributed by atoms with Gasteiger partial charge in [0.15, 0.2) is 0 Å². The maximum absolute atomic E-state index is 12.5. The van der Waals surface area contributed by atoms with Gasteiger partial charge in [0.2, 0.25) is 5.91 Å². The lowest BCUT2D eigenvalue weighted by molar-refractivity contribution is -0.123. The Morgan fingerprint density at radius 2 is 2.41 bits per heavy atom. The number of nitrogens with one attached hydrogen (secondary N) is 1. The van der Waals surface area contributed by atoms with Gasteiger partial charge in [-0.05, 0) is 31.7 Å². The van der Waals surface area contributed by atoms with Gasteiger partial charge < -0.3 is 10.1 Å². The van der Waals surface area contributed by atoms with E-state index in [2.05, 4.69) is 10.4 Å². The molecule has 1 amide bonds. The molecule has 1 N–H and O–H groups in total. The van der Waals surface area contributed by atoms with Gasteiger partial charge in [0.1, 0.15) is 6.10 Å². The summed E-state index contributed by atoms with van der Waals surface area (Å²) in [6.07, 6.45) is 2.57. The molecule has 1 aliphatic heterocycles. The molecule has 5 nitrogen and oxygen atoms in total. The normalized spacial score (nSPS) is 22.7. The lowest BCUT2D eigenvalue weighted by Crippen LogP contribution is -2.39. The lowest BCUT2D eigenvalue weighted by atomic mass is 10.0. The average molecular weight is 319 g/mol. The summed E-state index contributed by atoms with van der Waals surface area (Å²) in [5.41, 5.74) is 2.14. The molecule has 6 heteroatoms. The van der Waals surface area contributed by atoms with Crippen LogP contribution >= 0.6 is 11.3 Å². The van der Waals surface area contributed by atoms with Gasteiger partial charge >= 0.3 is 0 Å². The van der Waals surface area contributed by atoms with E-state index in [1.54, 1.807) is 11.3 Å². The number of rotatable bonds is 4. The number of carbonyl (C=O) groups is 1. The van der Waals surface area contributed by atoms with Crippen LogP contribution < -0.4 is 5.32 Å². The van der Waals surface area contributed by atoms with Crippen LogP contribution in [0, 0.1) is 6.92 Å². The number of thiophene rings is 1. The Hall–Kier alpha value is -1.66. The standard InChI is InChI=1S/C16H21N3O2S/c1-10(14-5-4-8-22-14)16(20)18-13-6-7-21-15(13)12-9-17-19(3)11(12)2/h4-5,8-10,13,15H,6-7H2,1-3H3,(H,18,20)/t10-,13+,15-/m1/s1. The molecule has 2 aromatic heterocycles. The number of carbonyl (C=O) groups excluding carboxylic acids is 1. The van der Waals surface area contributed by atoms with Crippen LogP contribution in [0.1, 0.15) is 41.5 Å². The molecule has 3 rings (SSSR count). The highest BCUT2D eigenvalue weighted by molar-refractivity contribution is 7.10. The third kappa shape index (κ3) is 2.80. The molecule has 1 saturated heterocycles. The number of hydrogen-bond donors (Lipinski definition) is 1. The van der Waals surface area contributed by atoms with Crippen molar-refractivity contribution in [1.82, 2.24) is 15.1 Å². The molecule has 2 aromatic rings. The summed E-state index contributed by atoms with van der Waals surface area (Å²) >= 11 is 1.61. The molecule has 0 saturated carbocycles. The maximum Gasteiger partial charge on any atom is 0.228 e. The largest absolute Gasteiger partial charge is 0.371 e. The summed E-state index contributed by atoms with van der Waals surface area (Å²) in [5.74, 6) is -0.0688. The first-order chi connectivity index (χ1) is 10.6. The highest BCUT2D eigenvalue weighted by Gasteiger charge is 2.34. The van der Waals surface area contributed by atoms with E-state index in [-0.39, 0.29) is 24.0 Å². The van der Waals surface area contributed by atoms with Gasteiger partial charge in [-0.15, -0.1) is 11.3 Å². The fraction of sp³-hybridized carbons (Fsp3) is 0.500. The molecule has 0 aliphatic carbocycles. The molecule has 1 fully saturated rings. The summed E-state index contributed by atoms with van der Waals surface area (Å²) in [6.45, 7) is 4.63. The first kappa shape index (κ1) is 15.2. The maximum atomic E-state index is 12.5. The molecule has 22 heavy (non-hydrogen) atoms. The molecule has 0 radical (unpaired) electrons. The molecule has 3 heterocycles. The third-order valence-corrected chi connectivity index (χ3v) is 5.42. The minimum absolute atomic E-state index is 0.0119. The summed E-state index contributed by atoms with van der Waals surface area (Å²) < 4.78 is 7.69. The van der Waals surface area contributed by atoms with Crippen molar-refractivity contribution < 1.29 is 9.53 Å². The van der Waals surface area contributed by atoms with Gasteiger partial charge in [0, 0.05) is 29.8 Å². The molecule has 0 bridgehead atoms. The fourth-order valence-corrected chi connectivity index (χ4v) is 3.60. The molecule has 118 valence electrons. The van der Waals surface area contributed by atoms with E-state index >= 15 is 0 Å². The summed E-state index contributed by atoms with van der Waals surface area (Å²) in [4.78, 5) is 13.6. The Morgan fingerprint density at radius 3 is 3.05 bits per heavy atom. The Balaban J connectivity index is 1.71. The van der Waals surface area contributed by atoms with E-state index in [0.717, 1.165) is 22.6 Å². The smallest absolute Gasteiger partial charge is 0.228 e. The minimum atomic E-state index is -0.128. The van der Waals surface area contributed by atoms with E-state index in [1.807, 2.05) is 49.3 Å². The van der Waals surface area contributed by atoms with Crippen molar-refractivity contribution in [2.75, 3.05) is 6.61 Å². The van der Waals surface area contributed by atoms with Crippen molar-refractivity contribution in [1.29, 1.82) is 0 Å². The number of nitrogens with zero attached hydrogens (tertiary/aromatic N) is 2. The Morgan fingerprint density at radius 1 is 1.59 bits per heavy atom. The van der Waals surface area contributed by atoms with Crippen molar-refractivity contribution in [3.63, 3.8) is 0 Å². The monoisotopic (exact) mass is 319 g/mol. The van der Waals surface area contributed by atoms with Gasteiger partial charge in [-0.25, -0.2) is 0 Å². The molecule has 0 spiro atoms. The van der Waals surface area contributed by atoms with Crippen LogP contribution in [0.3, 0.4) is 0 Å². The quantitative estimate of drug-likeness (QED) is 0.942. The molecule has 0 unspecified atom stereocenters. The molecular formula is C16H21N3O2S. The van der Waals surface area contributed by atoms with Crippen LogP contribution in [0.4, 0.5) is 0 Å². The fourth-order valence-electron chi connectivity index (χ4n) is 2.81. The topological polar surface area (TPSA) is 56.1 Å². The minimum Gasteiger partial charge on any atom is -0.371 e. The molecule has 3 atom stereocenters. The molecule has 0 aromatic carbocycles. The zero-order chi connectivity index (χ0) is 15.7. The SMILES string of the molecule is Cc1c([C@H]2OCC[C@@H]2NC(=O)[C@H](C)c2cccs2)cnn1C. The second-order valence-corrected chi connectivity index (χ2v) is 6.72. The highest BCUT2D eigenvalue weighted by Crippen LogP contribution is 2.31. The van der Waals surface area contributed by atoms with E-state index < -0.39 is 0 Å². The van der Waals surface area contributed by atoms with E-state index in [4.69, 9.17) is 4.74 Å². The number of aromatic nitrogens is 2. The van der Waals surface area contributed by atoms with E-state index in [9.17, 15) is 4.79 Å². The third-order valence-electron chi connectivity index (χ3n) is 4.36. The van der Waals surface area contributed by atoms with Crippen molar-refractivity contribution >= 4 is 17.2 Å². The van der Waals surface area contributed by atoms with Crippen LogP contribution in [-0.4, -0.2) is 28.3 Å². The summed E-state index contributed by atoms with van der Waals surface area (Å²) in [6, 6.07) is 3.99. The van der Waals surface area contributed by atoms with Crippen LogP contribution in [-0.2, 0) is 16.6 Å². The second-order valence-electron chi connectivity index (χ2n) is 5.74. The van der Waals surface area contributed by atoms with Gasteiger partial charge in [0.25, 0.3) is 0 Å². The van der Waals surface area contributed by atoms with Crippen LogP contribution in [0.15, 0.2) is 23.7 Å². The predicted octanol–water partition coefficient (Wildman–Crippen LogP) is 2.54. The Kier molecular flexibility index (Phi) is 4.31. The molecular weight excluding hydrogens is 298 g/mol. The van der Waals surface area contributed by atoms with Crippen LogP contribution in [0.5, 0.6) is 0 Å². The number of amides is 1. The van der Waals surface area contributed by atoms with Crippen molar-refractivity contribution in [2.24, 2.45) is 7.05 Å².